The Hall–Kier alpha value is -4.49. The topological polar surface area (TPSA) is 77.5 Å². The van der Waals surface area contributed by atoms with E-state index >= 15 is 0 Å². The Morgan fingerprint density at radius 2 is 1.52 bits per heavy atom. The number of ether oxygens (including phenoxy) is 2. The molecule has 4 heterocycles. The summed E-state index contributed by atoms with van der Waals surface area (Å²) >= 11 is 0. The Morgan fingerprint density at radius 3 is 2.19 bits per heavy atom. The number of piperidine rings is 3. The third-order valence-corrected chi connectivity index (χ3v) is 8.53. The molecule has 7 nitrogen and oxygen atoms in total. The van der Waals surface area contributed by atoms with Gasteiger partial charge in [-0.15, -0.1) is 0 Å². The van der Waals surface area contributed by atoms with Gasteiger partial charge in [0.2, 0.25) is 11.7 Å². The quantitative estimate of drug-likeness (QED) is 0.140. The highest BCUT2D eigenvalue weighted by molar-refractivity contribution is 5.97. The molecule has 0 radical (unpaired) electrons. The SMILES string of the molecule is O=C(C[N+]12CCC(CC1)[C@@H](OC(=O)[C@H](Nc1ccccc1)c1ccc(OCc3ccccc3)nc1)C2)c1ccccc1. The van der Waals surface area contributed by atoms with E-state index in [1.165, 1.54) is 0 Å². The van der Waals surface area contributed by atoms with Crippen LogP contribution in [0.2, 0.25) is 0 Å². The number of carbonyl (C=O) groups is 2. The molecule has 0 saturated carbocycles. The van der Waals surface area contributed by atoms with Crippen molar-refractivity contribution in [3.05, 3.63) is 126 Å². The standard InChI is InChI=1S/C35H36N3O4/c39-31(27-12-6-2-7-13-27)23-38-20-18-28(19-21-38)32(24-38)42-35(40)34(37-30-14-8-3-9-15-30)29-16-17-33(36-22-29)41-25-26-10-4-1-5-11-26/h1-17,22,28,32,34,37H,18-21,23-25H2/q+1/t28?,32-,34+,38?/m0/s1. The van der Waals surface area contributed by atoms with Crippen molar-refractivity contribution >= 4 is 17.4 Å². The molecule has 2 atom stereocenters. The molecule has 0 aliphatic carbocycles. The number of nitrogens with zero attached hydrogens (tertiary/aromatic N) is 2. The number of carbonyl (C=O) groups excluding carboxylic acids is 2. The average molecular weight is 563 g/mol. The van der Waals surface area contributed by atoms with Gasteiger partial charge in [0.1, 0.15) is 19.7 Å². The maximum atomic E-state index is 13.8. The van der Waals surface area contributed by atoms with Crippen LogP contribution in [0, 0.1) is 5.92 Å². The van der Waals surface area contributed by atoms with E-state index in [0.717, 1.165) is 42.7 Å². The Balaban J connectivity index is 1.16. The zero-order chi connectivity index (χ0) is 28.8. The number of fused-ring (bicyclic) bond motifs is 3. The van der Waals surface area contributed by atoms with Crippen LogP contribution in [-0.2, 0) is 16.1 Å². The lowest BCUT2D eigenvalue weighted by molar-refractivity contribution is -0.938. The van der Waals surface area contributed by atoms with Gasteiger partial charge in [0, 0.05) is 47.8 Å². The maximum absolute atomic E-state index is 13.8. The maximum Gasteiger partial charge on any atom is 0.333 e. The number of pyridine rings is 1. The van der Waals surface area contributed by atoms with Crippen molar-refractivity contribution in [1.29, 1.82) is 0 Å². The van der Waals surface area contributed by atoms with E-state index in [0.29, 0.717) is 41.5 Å². The number of benzene rings is 3. The highest BCUT2D eigenvalue weighted by atomic mass is 16.5. The van der Waals surface area contributed by atoms with E-state index in [4.69, 9.17) is 9.47 Å². The summed E-state index contributed by atoms with van der Waals surface area (Å²) in [5, 5.41) is 3.35. The molecule has 0 spiro atoms. The van der Waals surface area contributed by atoms with Crippen molar-refractivity contribution in [2.45, 2.75) is 31.6 Å². The van der Waals surface area contributed by atoms with Gasteiger partial charge in [0.25, 0.3) is 0 Å². The molecule has 7 heteroatoms. The molecule has 1 aromatic heterocycles. The van der Waals surface area contributed by atoms with E-state index in [1.807, 2.05) is 97.1 Å². The number of hydrogen-bond acceptors (Lipinski definition) is 6. The first-order valence-corrected chi connectivity index (χ1v) is 14.7. The zero-order valence-corrected chi connectivity index (χ0v) is 23.6. The van der Waals surface area contributed by atoms with Crippen molar-refractivity contribution < 1.29 is 23.5 Å². The summed E-state index contributed by atoms with van der Waals surface area (Å²) in [5.41, 5.74) is 3.30. The van der Waals surface area contributed by atoms with Gasteiger partial charge in [0.15, 0.2) is 12.1 Å². The molecule has 214 valence electrons. The van der Waals surface area contributed by atoms with Gasteiger partial charge in [-0.3, -0.25) is 4.79 Å². The van der Waals surface area contributed by atoms with Crippen LogP contribution < -0.4 is 10.1 Å². The minimum atomic E-state index is -0.738. The summed E-state index contributed by atoms with van der Waals surface area (Å²) in [5.74, 6) is 0.599. The molecular formula is C35H36N3O4+. The van der Waals surface area contributed by atoms with Crippen molar-refractivity contribution in [2.24, 2.45) is 5.92 Å². The number of nitrogens with one attached hydrogen (secondary N) is 1. The lowest BCUT2D eigenvalue weighted by Gasteiger charge is -2.51. The monoisotopic (exact) mass is 562 g/mol. The average Bonchev–Trinajstić information content (AvgIpc) is 3.04. The lowest BCUT2D eigenvalue weighted by Crippen LogP contribution is -2.65. The number of aromatic nitrogens is 1. The largest absolute Gasteiger partial charge is 0.473 e. The number of Topliss-reactive ketones (excluding diaryl/α,β-unsaturated/α-hetero) is 1. The second-order valence-corrected chi connectivity index (χ2v) is 11.4. The van der Waals surface area contributed by atoms with Crippen molar-refractivity contribution in [2.75, 3.05) is 31.5 Å². The predicted octanol–water partition coefficient (Wildman–Crippen LogP) is 5.85. The minimum Gasteiger partial charge on any atom is -0.473 e. The molecule has 42 heavy (non-hydrogen) atoms. The van der Waals surface area contributed by atoms with Gasteiger partial charge >= 0.3 is 5.97 Å². The van der Waals surface area contributed by atoms with Crippen molar-refractivity contribution in [1.82, 2.24) is 4.98 Å². The van der Waals surface area contributed by atoms with E-state index in [1.54, 1.807) is 12.3 Å². The molecule has 0 amide bonds. The van der Waals surface area contributed by atoms with Crippen LogP contribution in [0.4, 0.5) is 5.69 Å². The lowest BCUT2D eigenvalue weighted by atomic mass is 9.82. The van der Waals surface area contributed by atoms with Crippen molar-refractivity contribution in [3.8, 4) is 5.88 Å². The molecule has 3 saturated heterocycles. The minimum absolute atomic E-state index is 0.144. The number of rotatable bonds is 11. The highest BCUT2D eigenvalue weighted by Crippen LogP contribution is 2.37. The van der Waals surface area contributed by atoms with Gasteiger partial charge < -0.3 is 19.3 Å². The number of esters is 1. The summed E-state index contributed by atoms with van der Waals surface area (Å²) in [4.78, 5) is 31.4. The predicted molar refractivity (Wildman–Crippen MR) is 161 cm³/mol. The van der Waals surface area contributed by atoms with Gasteiger partial charge in [-0.1, -0.05) is 78.9 Å². The van der Waals surface area contributed by atoms with E-state index in [2.05, 4.69) is 10.3 Å². The first-order valence-electron chi connectivity index (χ1n) is 14.7. The van der Waals surface area contributed by atoms with Gasteiger partial charge in [-0.05, 0) is 23.8 Å². The fourth-order valence-electron chi connectivity index (χ4n) is 6.17. The Bertz CT molecular complexity index is 1470. The number of anilines is 1. The number of ketones is 1. The fraction of sp³-hybridized carbons (Fsp3) is 0.286. The molecule has 0 unspecified atom stereocenters. The van der Waals surface area contributed by atoms with Crippen molar-refractivity contribution in [3.63, 3.8) is 0 Å². The second kappa shape index (κ2) is 12.6. The summed E-state index contributed by atoms with van der Waals surface area (Å²) in [6, 6.07) is 31.9. The van der Waals surface area contributed by atoms with E-state index in [9.17, 15) is 9.59 Å². The van der Waals surface area contributed by atoms with E-state index < -0.39 is 6.04 Å². The number of hydrogen-bond donors (Lipinski definition) is 1. The first kappa shape index (κ1) is 27.7. The third-order valence-electron chi connectivity index (χ3n) is 8.53. The van der Waals surface area contributed by atoms with Gasteiger partial charge in [0.05, 0.1) is 13.1 Å². The normalized spacial score (nSPS) is 21.7. The second-order valence-electron chi connectivity index (χ2n) is 11.4. The Morgan fingerprint density at radius 1 is 0.857 bits per heavy atom. The molecular weight excluding hydrogens is 526 g/mol. The number of quaternary nitrogens is 1. The summed E-state index contributed by atoms with van der Waals surface area (Å²) in [7, 11) is 0. The van der Waals surface area contributed by atoms with Crippen LogP contribution in [0.25, 0.3) is 0 Å². The molecule has 3 aliphatic rings. The van der Waals surface area contributed by atoms with Gasteiger partial charge in [-0.25, -0.2) is 9.78 Å². The number of para-hydroxylation sites is 1. The Kier molecular flexibility index (Phi) is 8.28. The van der Waals surface area contributed by atoms with Crippen LogP contribution in [0.5, 0.6) is 5.88 Å². The van der Waals surface area contributed by atoms with Crippen LogP contribution in [-0.4, -0.2) is 53.5 Å². The highest BCUT2D eigenvalue weighted by Gasteiger charge is 2.49. The van der Waals surface area contributed by atoms with Crippen LogP contribution in [0.1, 0.15) is 40.4 Å². The Labute approximate surface area is 246 Å². The summed E-state index contributed by atoms with van der Waals surface area (Å²) < 4.78 is 12.8. The first-order chi connectivity index (χ1) is 20.6. The van der Waals surface area contributed by atoms with Crippen LogP contribution in [0.3, 0.4) is 0 Å². The summed E-state index contributed by atoms with van der Waals surface area (Å²) in [6.45, 7) is 3.40. The molecule has 3 fully saturated rings. The zero-order valence-electron chi connectivity index (χ0n) is 23.6. The molecule has 2 bridgehead atoms. The molecule has 4 aromatic rings. The molecule has 3 aliphatic heterocycles. The van der Waals surface area contributed by atoms with Gasteiger partial charge in [-0.2, -0.15) is 0 Å². The molecule has 1 N–H and O–H groups in total. The van der Waals surface area contributed by atoms with Crippen LogP contribution in [0.15, 0.2) is 109 Å². The third kappa shape index (κ3) is 6.52. The van der Waals surface area contributed by atoms with Crippen LogP contribution >= 0.6 is 0 Å². The molecule has 7 rings (SSSR count). The molecule has 3 aromatic carbocycles. The fourth-order valence-corrected chi connectivity index (χ4v) is 6.17. The van der Waals surface area contributed by atoms with E-state index in [-0.39, 0.29) is 17.9 Å². The smallest absolute Gasteiger partial charge is 0.333 e. The summed E-state index contributed by atoms with van der Waals surface area (Å²) in [6.07, 6.45) is 3.34.